The summed E-state index contributed by atoms with van der Waals surface area (Å²) in [5.41, 5.74) is 0. The van der Waals surface area contributed by atoms with Gasteiger partial charge in [-0.05, 0) is 39.4 Å². The number of rotatable bonds is 8. The first kappa shape index (κ1) is 16.9. The number of carbonyl (C=O) groups is 2. The van der Waals surface area contributed by atoms with Crippen molar-refractivity contribution in [2.45, 2.75) is 45.7 Å². The van der Waals surface area contributed by atoms with Crippen molar-refractivity contribution in [2.75, 3.05) is 32.7 Å². The van der Waals surface area contributed by atoms with Gasteiger partial charge in [-0.2, -0.15) is 0 Å². The van der Waals surface area contributed by atoms with Crippen LogP contribution in [0.3, 0.4) is 0 Å². The Labute approximate surface area is 121 Å². The predicted molar refractivity (Wildman–Crippen MR) is 79.4 cm³/mol. The highest BCUT2D eigenvalue weighted by Gasteiger charge is 2.24. The highest BCUT2D eigenvalue weighted by Crippen LogP contribution is 2.00. The standard InChI is InChI=1S/C14H28N4O2/c1-4-18(5-2)8-6-7-11(3)17-14(20)12-9-16-13(19)10-15-12/h11-12,15H,4-10H2,1-3H3,(H,16,19)(H,17,20). The topological polar surface area (TPSA) is 73.5 Å². The van der Waals surface area contributed by atoms with Crippen molar-refractivity contribution in [1.82, 2.24) is 20.9 Å². The van der Waals surface area contributed by atoms with E-state index < -0.39 is 0 Å². The molecule has 2 atom stereocenters. The van der Waals surface area contributed by atoms with Gasteiger partial charge in [0.25, 0.3) is 0 Å². The van der Waals surface area contributed by atoms with Crippen LogP contribution in [0.15, 0.2) is 0 Å². The van der Waals surface area contributed by atoms with Gasteiger partial charge in [0.2, 0.25) is 11.8 Å². The largest absolute Gasteiger partial charge is 0.353 e. The lowest BCUT2D eigenvalue weighted by atomic mass is 10.1. The Morgan fingerprint density at radius 3 is 2.70 bits per heavy atom. The fourth-order valence-corrected chi connectivity index (χ4v) is 2.33. The molecule has 6 heteroatoms. The van der Waals surface area contributed by atoms with Gasteiger partial charge in [-0.3, -0.25) is 14.9 Å². The minimum atomic E-state index is -0.307. The molecule has 116 valence electrons. The van der Waals surface area contributed by atoms with E-state index in [1.807, 2.05) is 6.92 Å². The molecule has 1 rings (SSSR count). The summed E-state index contributed by atoms with van der Waals surface area (Å²) in [6.07, 6.45) is 2.05. The Hall–Kier alpha value is -1.14. The number of carbonyl (C=O) groups excluding carboxylic acids is 2. The van der Waals surface area contributed by atoms with E-state index in [0.29, 0.717) is 6.54 Å². The molecule has 0 aromatic rings. The highest BCUT2D eigenvalue weighted by molar-refractivity contribution is 5.86. The Morgan fingerprint density at radius 1 is 1.45 bits per heavy atom. The Morgan fingerprint density at radius 2 is 2.15 bits per heavy atom. The molecule has 1 aliphatic rings. The third kappa shape index (κ3) is 5.88. The Kier molecular flexibility index (Phi) is 7.54. The number of hydrogen-bond donors (Lipinski definition) is 3. The average Bonchev–Trinajstić information content (AvgIpc) is 2.44. The first-order chi connectivity index (χ1) is 9.56. The maximum atomic E-state index is 12.0. The summed E-state index contributed by atoms with van der Waals surface area (Å²) < 4.78 is 0. The first-order valence-corrected chi connectivity index (χ1v) is 7.59. The van der Waals surface area contributed by atoms with Gasteiger partial charge in [0.15, 0.2) is 0 Å². The number of hydrogen-bond acceptors (Lipinski definition) is 4. The van der Waals surface area contributed by atoms with Gasteiger partial charge in [-0.25, -0.2) is 0 Å². The van der Waals surface area contributed by atoms with Crippen LogP contribution in [0.25, 0.3) is 0 Å². The van der Waals surface area contributed by atoms with E-state index in [0.717, 1.165) is 32.5 Å². The second-order valence-corrected chi connectivity index (χ2v) is 5.32. The zero-order chi connectivity index (χ0) is 15.0. The van der Waals surface area contributed by atoms with Crippen LogP contribution in [0.5, 0.6) is 0 Å². The van der Waals surface area contributed by atoms with Crippen LogP contribution in [0.4, 0.5) is 0 Å². The molecule has 1 saturated heterocycles. The predicted octanol–water partition coefficient (Wildman–Crippen LogP) is -0.299. The molecule has 1 aliphatic heterocycles. The van der Waals surface area contributed by atoms with Crippen LogP contribution >= 0.6 is 0 Å². The molecule has 1 fully saturated rings. The van der Waals surface area contributed by atoms with Crippen molar-refractivity contribution in [3.8, 4) is 0 Å². The van der Waals surface area contributed by atoms with Crippen molar-refractivity contribution < 1.29 is 9.59 Å². The van der Waals surface area contributed by atoms with Gasteiger partial charge in [-0.15, -0.1) is 0 Å². The summed E-state index contributed by atoms with van der Waals surface area (Å²) in [4.78, 5) is 25.4. The zero-order valence-corrected chi connectivity index (χ0v) is 12.9. The molecule has 20 heavy (non-hydrogen) atoms. The second-order valence-electron chi connectivity index (χ2n) is 5.32. The van der Waals surface area contributed by atoms with Crippen molar-refractivity contribution in [2.24, 2.45) is 0 Å². The minimum Gasteiger partial charge on any atom is -0.353 e. The van der Waals surface area contributed by atoms with Crippen molar-refractivity contribution in [3.63, 3.8) is 0 Å². The summed E-state index contributed by atoms with van der Waals surface area (Å²) in [6, 6.07) is -0.143. The van der Waals surface area contributed by atoms with E-state index >= 15 is 0 Å². The lowest BCUT2D eigenvalue weighted by Crippen LogP contribution is -2.58. The summed E-state index contributed by atoms with van der Waals surface area (Å²) in [6.45, 7) is 10.2. The molecule has 0 spiro atoms. The van der Waals surface area contributed by atoms with E-state index in [2.05, 4.69) is 34.7 Å². The number of piperazine rings is 1. The Balaban J connectivity index is 2.19. The van der Waals surface area contributed by atoms with E-state index in [1.165, 1.54) is 0 Å². The summed E-state index contributed by atoms with van der Waals surface area (Å²) in [5.74, 6) is -0.0818. The molecule has 6 nitrogen and oxygen atoms in total. The van der Waals surface area contributed by atoms with Crippen LogP contribution in [0.2, 0.25) is 0 Å². The highest BCUT2D eigenvalue weighted by atomic mass is 16.2. The van der Waals surface area contributed by atoms with Gasteiger partial charge in [0.1, 0.15) is 6.04 Å². The lowest BCUT2D eigenvalue weighted by molar-refractivity contribution is -0.127. The minimum absolute atomic E-state index is 0.0275. The molecular weight excluding hydrogens is 256 g/mol. The quantitative estimate of drug-likeness (QED) is 0.572. The van der Waals surface area contributed by atoms with E-state index in [1.54, 1.807) is 0 Å². The normalized spacial score (nSPS) is 20.6. The van der Waals surface area contributed by atoms with Gasteiger partial charge in [-0.1, -0.05) is 13.8 Å². The van der Waals surface area contributed by atoms with Crippen LogP contribution < -0.4 is 16.0 Å². The lowest BCUT2D eigenvalue weighted by Gasteiger charge is -2.25. The third-order valence-electron chi connectivity index (χ3n) is 3.72. The van der Waals surface area contributed by atoms with Gasteiger partial charge < -0.3 is 15.5 Å². The molecule has 3 N–H and O–H groups in total. The summed E-state index contributed by atoms with van der Waals surface area (Å²) in [5, 5.41) is 8.63. The Bertz CT molecular complexity index is 308. The average molecular weight is 284 g/mol. The molecule has 0 radical (unpaired) electrons. The fourth-order valence-electron chi connectivity index (χ4n) is 2.33. The first-order valence-electron chi connectivity index (χ1n) is 7.59. The fraction of sp³-hybridized carbons (Fsp3) is 0.857. The molecule has 0 aliphatic carbocycles. The van der Waals surface area contributed by atoms with Crippen molar-refractivity contribution >= 4 is 11.8 Å². The molecular formula is C14H28N4O2. The molecule has 0 bridgehead atoms. The van der Waals surface area contributed by atoms with Crippen LogP contribution in [0.1, 0.15) is 33.6 Å². The van der Waals surface area contributed by atoms with Crippen molar-refractivity contribution in [1.29, 1.82) is 0 Å². The number of amides is 2. The molecule has 0 saturated carbocycles. The van der Waals surface area contributed by atoms with Crippen LogP contribution in [-0.4, -0.2) is 61.5 Å². The van der Waals surface area contributed by atoms with Gasteiger partial charge in [0.05, 0.1) is 6.54 Å². The summed E-state index contributed by atoms with van der Waals surface area (Å²) >= 11 is 0. The van der Waals surface area contributed by atoms with Crippen LogP contribution in [-0.2, 0) is 9.59 Å². The monoisotopic (exact) mass is 284 g/mol. The summed E-state index contributed by atoms with van der Waals surface area (Å²) in [7, 11) is 0. The molecule has 0 aromatic carbocycles. The van der Waals surface area contributed by atoms with E-state index in [4.69, 9.17) is 0 Å². The molecule has 2 amide bonds. The maximum Gasteiger partial charge on any atom is 0.239 e. The molecule has 2 unspecified atom stereocenters. The van der Waals surface area contributed by atoms with E-state index in [9.17, 15) is 9.59 Å². The van der Waals surface area contributed by atoms with Gasteiger partial charge in [0, 0.05) is 12.6 Å². The molecule has 0 aromatic heterocycles. The SMILES string of the molecule is CCN(CC)CCCC(C)NC(=O)C1CNC(=O)CN1. The zero-order valence-electron chi connectivity index (χ0n) is 12.9. The van der Waals surface area contributed by atoms with Gasteiger partial charge >= 0.3 is 0 Å². The maximum absolute atomic E-state index is 12.0. The molecule has 1 heterocycles. The van der Waals surface area contributed by atoms with Crippen LogP contribution in [0, 0.1) is 0 Å². The van der Waals surface area contributed by atoms with Crippen molar-refractivity contribution in [3.05, 3.63) is 0 Å². The van der Waals surface area contributed by atoms with E-state index in [-0.39, 0.29) is 30.4 Å². The number of nitrogens with zero attached hydrogens (tertiary/aromatic N) is 1. The second kappa shape index (κ2) is 8.92. The smallest absolute Gasteiger partial charge is 0.239 e. The number of nitrogens with one attached hydrogen (secondary N) is 3. The third-order valence-corrected chi connectivity index (χ3v) is 3.72.